The van der Waals surface area contributed by atoms with Gasteiger partial charge < -0.3 is 16.0 Å². The van der Waals surface area contributed by atoms with Gasteiger partial charge in [0.2, 0.25) is 0 Å². The second-order valence-electron chi connectivity index (χ2n) is 9.02. The van der Waals surface area contributed by atoms with Crippen LogP contribution in [-0.4, -0.2) is 41.0 Å². The molecule has 196 valence electrons. The van der Waals surface area contributed by atoms with Gasteiger partial charge in [-0.05, 0) is 29.3 Å². The molecule has 10 heteroatoms. The maximum atomic E-state index is 13.2. The van der Waals surface area contributed by atoms with Crippen LogP contribution in [0.2, 0.25) is 5.02 Å². The highest BCUT2D eigenvalue weighted by atomic mass is 35.5. The first-order valence-corrected chi connectivity index (χ1v) is 12.5. The molecule has 0 aliphatic carbocycles. The third-order valence-electron chi connectivity index (χ3n) is 6.62. The number of piperazine rings is 1. The molecule has 0 atom stereocenters. The van der Waals surface area contributed by atoms with E-state index < -0.39 is 11.7 Å². The van der Waals surface area contributed by atoms with E-state index >= 15 is 0 Å². The van der Waals surface area contributed by atoms with Gasteiger partial charge in [0.1, 0.15) is 12.0 Å². The molecule has 1 fully saturated rings. The van der Waals surface area contributed by atoms with E-state index in [-0.39, 0.29) is 28.3 Å². The Balaban J connectivity index is 1.35. The van der Waals surface area contributed by atoms with E-state index in [2.05, 4.69) is 49.4 Å². The van der Waals surface area contributed by atoms with Gasteiger partial charge in [0.05, 0.1) is 22.3 Å². The van der Waals surface area contributed by atoms with E-state index in [9.17, 15) is 13.2 Å². The highest BCUT2D eigenvalue weighted by molar-refractivity contribution is 6.33. The van der Waals surface area contributed by atoms with Crippen molar-refractivity contribution in [3.8, 4) is 0 Å². The lowest BCUT2D eigenvalue weighted by Gasteiger charge is -2.40. The Labute approximate surface area is 223 Å². The molecule has 0 saturated carbocycles. The van der Waals surface area contributed by atoms with Crippen molar-refractivity contribution < 1.29 is 13.2 Å². The Kier molecular flexibility index (Phi) is 7.40. The molecular weight excluding hydrogens is 513 g/mol. The molecule has 4 aromatic rings. The summed E-state index contributed by atoms with van der Waals surface area (Å²) in [5.74, 6) is 0.728. The van der Waals surface area contributed by atoms with Crippen LogP contribution in [0.25, 0.3) is 0 Å². The minimum absolute atomic E-state index is 0.0659. The van der Waals surface area contributed by atoms with Crippen molar-refractivity contribution in [1.82, 2.24) is 14.9 Å². The summed E-state index contributed by atoms with van der Waals surface area (Å²) in [7, 11) is 0. The molecule has 0 amide bonds. The van der Waals surface area contributed by atoms with Gasteiger partial charge in [0.15, 0.2) is 11.6 Å². The van der Waals surface area contributed by atoms with Gasteiger partial charge in [-0.15, -0.1) is 0 Å². The highest BCUT2D eigenvalue weighted by Crippen LogP contribution is 2.37. The Morgan fingerprint density at radius 1 is 0.842 bits per heavy atom. The zero-order valence-electron chi connectivity index (χ0n) is 20.4. The fourth-order valence-electron chi connectivity index (χ4n) is 4.74. The van der Waals surface area contributed by atoms with Gasteiger partial charge in [-0.25, -0.2) is 9.97 Å². The molecule has 1 aliphatic heterocycles. The van der Waals surface area contributed by atoms with Crippen LogP contribution in [0, 0.1) is 0 Å². The normalized spacial score (nSPS) is 14.6. The van der Waals surface area contributed by atoms with Crippen LogP contribution in [0.15, 0.2) is 85.2 Å². The zero-order chi connectivity index (χ0) is 26.7. The summed E-state index contributed by atoms with van der Waals surface area (Å²) in [5.41, 5.74) is 8.34. The summed E-state index contributed by atoms with van der Waals surface area (Å²) in [4.78, 5) is 13.0. The van der Waals surface area contributed by atoms with Gasteiger partial charge >= 0.3 is 6.18 Å². The lowest BCUT2D eigenvalue weighted by atomic mass is 9.96. The summed E-state index contributed by atoms with van der Waals surface area (Å²) in [6.07, 6.45) is -3.15. The number of halogens is 4. The maximum Gasteiger partial charge on any atom is 0.416 e. The Morgan fingerprint density at radius 3 is 2.03 bits per heavy atom. The molecule has 0 spiro atoms. The number of nitrogen functional groups attached to an aromatic ring is 1. The average molecular weight is 539 g/mol. The topological polar surface area (TPSA) is 70.3 Å². The third-order valence-corrected chi connectivity index (χ3v) is 6.95. The zero-order valence-corrected chi connectivity index (χ0v) is 21.1. The molecule has 0 unspecified atom stereocenters. The van der Waals surface area contributed by atoms with Crippen molar-refractivity contribution in [2.24, 2.45) is 0 Å². The van der Waals surface area contributed by atoms with E-state index in [1.807, 2.05) is 36.4 Å². The van der Waals surface area contributed by atoms with Crippen molar-refractivity contribution in [3.05, 3.63) is 107 Å². The van der Waals surface area contributed by atoms with E-state index in [1.54, 1.807) is 0 Å². The number of benzene rings is 3. The Bertz CT molecular complexity index is 1340. The molecule has 38 heavy (non-hydrogen) atoms. The highest BCUT2D eigenvalue weighted by Gasteiger charge is 2.31. The number of nitrogens with zero attached hydrogens (tertiary/aromatic N) is 4. The molecule has 1 aromatic heterocycles. The van der Waals surface area contributed by atoms with E-state index in [1.165, 1.54) is 23.5 Å². The largest absolute Gasteiger partial charge is 0.416 e. The lowest BCUT2D eigenvalue weighted by Crippen LogP contribution is -2.48. The van der Waals surface area contributed by atoms with Crippen molar-refractivity contribution in [2.45, 2.75) is 12.2 Å². The van der Waals surface area contributed by atoms with Crippen molar-refractivity contribution in [3.63, 3.8) is 0 Å². The number of anilines is 4. The Morgan fingerprint density at radius 2 is 1.45 bits per heavy atom. The molecule has 1 aliphatic rings. The van der Waals surface area contributed by atoms with E-state index in [0.29, 0.717) is 18.9 Å². The smallest absolute Gasteiger partial charge is 0.393 e. The van der Waals surface area contributed by atoms with Crippen LogP contribution in [0.1, 0.15) is 22.7 Å². The predicted molar refractivity (Wildman–Crippen MR) is 145 cm³/mol. The van der Waals surface area contributed by atoms with Gasteiger partial charge in [0, 0.05) is 26.2 Å². The molecule has 3 aromatic carbocycles. The van der Waals surface area contributed by atoms with Crippen LogP contribution in [0.5, 0.6) is 0 Å². The summed E-state index contributed by atoms with van der Waals surface area (Å²) in [5, 5.41) is 2.98. The monoisotopic (exact) mass is 538 g/mol. The van der Waals surface area contributed by atoms with Crippen molar-refractivity contribution in [1.29, 1.82) is 0 Å². The van der Waals surface area contributed by atoms with Crippen molar-refractivity contribution in [2.75, 3.05) is 42.1 Å². The number of alkyl halides is 3. The number of hydrogen-bond acceptors (Lipinski definition) is 6. The fourth-order valence-corrected chi connectivity index (χ4v) is 4.90. The van der Waals surface area contributed by atoms with Crippen molar-refractivity contribution >= 4 is 34.6 Å². The van der Waals surface area contributed by atoms with Gasteiger partial charge in [-0.1, -0.05) is 72.3 Å². The van der Waals surface area contributed by atoms with Crippen LogP contribution >= 0.6 is 11.6 Å². The number of nitrogens with two attached hydrogens (primary N) is 1. The Hall–Kier alpha value is -3.82. The number of hydrogen-bond donors (Lipinski definition) is 2. The van der Waals surface area contributed by atoms with Gasteiger partial charge in [-0.2, -0.15) is 13.2 Å². The fraction of sp³-hybridized carbons (Fsp3) is 0.214. The molecule has 0 bridgehead atoms. The molecule has 0 radical (unpaired) electrons. The summed E-state index contributed by atoms with van der Waals surface area (Å²) < 4.78 is 39.6. The first-order valence-electron chi connectivity index (χ1n) is 12.1. The van der Waals surface area contributed by atoms with Gasteiger partial charge in [-0.3, -0.25) is 4.90 Å². The van der Waals surface area contributed by atoms with Crippen LogP contribution in [0.3, 0.4) is 0 Å². The first kappa shape index (κ1) is 25.8. The molecule has 3 N–H and O–H groups in total. The second kappa shape index (κ2) is 10.9. The molecule has 6 nitrogen and oxygen atoms in total. The van der Waals surface area contributed by atoms with Crippen LogP contribution < -0.4 is 16.0 Å². The minimum atomic E-state index is -4.50. The molecular formula is C28H26ClF3N6. The second-order valence-corrected chi connectivity index (χ2v) is 9.43. The van der Waals surface area contributed by atoms with Gasteiger partial charge in [0.25, 0.3) is 0 Å². The SMILES string of the molecule is Nc1c(Nc2cc(C(F)(F)F)ccc2Cl)ncnc1N1CCN(C(c2ccccc2)c2ccccc2)CC1. The number of rotatable bonds is 6. The third kappa shape index (κ3) is 5.54. The summed E-state index contributed by atoms with van der Waals surface area (Å²) in [6.45, 7) is 2.86. The maximum absolute atomic E-state index is 13.2. The number of aromatic nitrogens is 2. The summed E-state index contributed by atoms with van der Waals surface area (Å²) >= 11 is 6.15. The summed E-state index contributed by atoms with van der Waals surface area (Å²) in [6, 6.07) is 24.0. The molecule has 1 saturated heterocycles. The van der Waals surface area contributed by atoms with Crippen LogP contribution in [0.4, 0.5) is 36.2 Å². The first-order chi connectivity index (χ1) is 18.3. The minimum Gasteiger partial charge on any atom is -0.393 e. The quantitative estimate of drug-likeness (QED) is 0.296. The average Bonchev–Trinajstić information content (AvgIpc) is 2.92. The number of nitrogens with one attached hydrogen (secondary N) is 1. The molecule has 5 rings (SSSR count). The molecule has 2 heterocycles. The standard InChI is InChI=1S/C28H26ClF3N6/c29-22-12-11-21(28(30,31)32)17-23(22)36-26-24(33)27(35-18-34-26)38-15-13-37(14-16-38)25(19-7-3-1-4-8-19)20-9-5-2-6-10-20/h1-12,17-18,25H,13-16,33H2,(H,34,35,36). The van der Waals surface area contributed by atoms with E-state index in [4.69, 9.17) is 17.3 Å². The van der Waals surface area contributed by atoms with Crippen LogP contribution in [-0.2, 0) is 6.18 Å². The predicted octanol–water partition coefficient (Wildman–Crippen LogP) is 6.39. The lowest BCUT2D eigenvalue weighted by molar-refractivity contribution is -0.137. The van der Waals surface area contributed by atoms with E-state index in [0.717, 1.165) is 25.2 Å².